The summed E-state index contributed by atoms with van der Waals surface area (Å²) >= 11 is 7.34. The second kappa shape index (κ2) is 5.80. The molecule has 1 aliphatic rings. The molecule has 0 amide bonds. The molecule has 0 N–H and O–H groups in total. The van der Waals surface area contributed by atoms with Crippen LogP contribution in [0, 0.1) is 0 Å². The molecule has 0 spiro atoms. The van der Waals surface area contributed by atoms with Gasteiger partial charge < -0.3 is 4.74 Å². The molecule has 2 rings (SSSR count). The minimum absolute atomic E-state index is 0.147. The Balaban J connectivity index is 1.81. The van der Waals surface area contributed by atoms with E-state index >= 15 is 0 Å². The SMILES string of the molecule is O=C(CCC1CCCCO1)c1sccc1Cl. The largest absolute Gasteiger partial charge is 0.378 e. The van der Waals surface area contributed by atoms with E-state index in [1.807, 2.05) is 5.38 Å². The molecule has 2 nitrogen and oxygen atoms in total. The minimum atomic E-state index is 0.147. The summed E-state index contributed by atoms with van der Waals surface area (Å²) in [5.41, 5.74) is 0. The topological polar surface area (TPSA) is 26.3 Å². The molecule has 0 bridgehead atoms. The molecule has 1 aromatic heterocycles. The number of ether oxygens (including phenoxy) is 1. The summed E-state index contributed by atoms with van der Waals surface area (Å²) in [6.45, 7) is 0.846. The van der Waals surface area contributed by atoms with Gasteiger partial charge in [0.2, 0.25) is 0 Å². The predicted molar refractivity (Wildman–Crippen MR) is 66.5 cm³/mol. The molecule has 1 unspecified atom stereocenters. The number of Topliss-reactive ketones (excluding diaryl/α,β-unsaturated/α-hetero) is 1. The van der Waals surface area contributed by atoms with Crippen LogP contribution in [0.2, 0.25) is 5.02 Å². The maximum Gasteiger partial charge on any atom is 0.174 e. The summed E-state index contributed by atoms with van der Waals surface area (Å²) in [5.74, 6) is 0.147. The van der Waals surface area contributed by atoms with Crippen LogP contribution in [0.15, 0.2) is 11.4 Å². The van der Waals surface area contributed by atoms with Crippen LogP contribution in [0.3, 0.4) is 0 Å². The van der Waals surface area contributed by atoms with Gasteiger partial charge in [-0.2, -0.15) is 0 Å². The Bertz CT molecular complexity index is 356. The second-order valence-corrected chi connectivity index (χ2v) is 5.37. The van der Waals surface area contributed by atoms with Crippen molar-refractivity contribution in [3.63, 3.8) is 0 Å². The summed E-state index contributed by atoms with van der Waals surface area (Å²) in [7, 11) is 0. The summed E-state index contributed by atoms with van der Waals surface area (Å²) < 4.78 is 5.59. The zero-order valence-electron chi connectivity index (χ0n) is 9.08. The Morgan fingerprint density at radius 1 is 1.56 bits per heavy atom. The Hall–Kier alpha value is -0.380. The lowest BCUT2D eigenvalue weighted by molar-refractivity contribution is 0.0105. The molecule has 1 aliphatic heterocycles. The van der Waals surface area contributed by atoms with Crippen molar-refractivity contribution in [3.8, 4) is 0 Å². The van der Waals surface area contributed by atoms with Gasteiger partial charge in [-0.15, -0.1) is 11.3 Å². The molecule has 0 radical (unpaired) electrons. The lowest BCUT2D eigenvalue weighted by Gasteiger charge is -2.21. The van der Waals surface area contributed by atoms with Gasteiger partial charge in [0.15, 0.2) is 5.78 Å². The second-order valence-electron chi connectivity index (χ2n) is 4.05. The lowest BCUT2D eigenvalue weighted by atomic mass is 10.0. The predicted octanol–water partition coefficient (Wildman–Crippen LogP) is 3.93. The fourth-order valence-corrected chi connectivity index (χ4v) is 3.06. The number of hydrogen-bond donors (Lipinski definition) is 0. The highest BCUT2D eigenvalue weighted by Gasteiger charge is 2.17. The first-order valence-corrected chi connectivity index (χ1v) is 6.91. The number of rotatable bonds is 4. The van der Waals surface area contributed by atoms with Gasteiger partial charge >= 0.3 is 0 Å². The fraction of sp³-hybridized carbons (Fsp3) is 0.583. The van der Waals surface area contributed by atoms with Crippen molar-refractivity contribution in [2.24, 2.45) is 0 Å². The molecule has 0 aromatic carbocycles. The van der Waals surface area contributed by atoms with Crippen LogP contribution in [0.25, 0.3) is 0 Å². The molecular formula is C12H15ClO2S. The number of thiophene rings is 1. The minimum Gasteiger partial charge on any atom is -0.378 e. The van der Waals surface area contributed by atoms with Crippen molar-refractivity contribution in [1.29, 1.82) is 0 Å². The number of carbonyl (C=O) groups excluding carboxylic acids is 1. The van der Waals surface area contributed by atoms with E-state index in [4.69, 9.17) is 16.3 Å². The quantitative estimate of drug-likeness (QED) is 0.765. The van der Waals surface area contributed by atoms with Crippen LogP contribution < -0.4 is 0 Å². The van der Waals surface area contributed by atoms with E-state index in [1.54, 1.807) is 6.07 Å². The monoisotopic (exact) mass is 258 g/mol. The van der Waals surface area contributed by atoms with Crippen LogP contribution in [0.1, 0.15) is 41.8 Å². The van der Waals surface area contributed by atoms with E-state index < -0.39 is 0 Å². The summed E-state index contributed by atoms with van der Waals surface area (Å²) in [5, 5.41) is 2.44. The van der Waals surface area contributed by atoms with E-state index in [9.17, 15) is 4.79 Å². The van der Waals surface area contributed by atoms with Crippen molar-refractivity contribution in [1.82, 2.24) is 0 Å². The van der Waals surface area contributed by atoms with Gasteiger partial charge in [0.25, 0.3) is 0 Å². The van der Waals surface area contributed by atoms with E-state index in [0.29, 0.717) is 16.3 Å². The van der Waals surface area contributed by atoms with Crippen LogP contribution in [-0.4, -0.2) is 18.5 Å². The van der Waals surface area contributed by atoms with Gasteiger partial charge in [-0.3, -0.25) is 4.79 Å². The zero-order valence-corrected chi connectivity index (χ0v) is 10.6. The van der Waals surface area contributed by atoms with E-state index in [-0.39, 0.29) is 11.9 Å². The van der Waals surface area contributed by atoms with Crippen LogP contribution in [-0.2, 0) is 4.74 Å². The lowest BCUT2D eigenvalue weighted by Crippen LogP contribution is -2.19. The molecule has 88 valence electrons. The van der Waals surface area contributed by atoms with Crippen LogP contribution >= 0.6 is 22.9 Å². The van der Waals surface area contributed by atoms with Crippen molar-refractivity contribution >= 4 is 28.7 Å². The Labute approximate surface area is 105 Å². The number of halogens is 1. The first kappa shape index (κ1) is 12.1. The smallest absolute Gasteiger partial charge is 0.174 e. The van der Waals surface area contributed by atoms with E-state index in [1.165, 1.54) is 17.8 Å². The van der Waals surface area contributed by atoms with Gasteiger partial charge in [-0.25, -0.2) is 0 Å². The molecular weight excluding hydrogens is 244 g/mol. The summed E-state index contributed by atoms with van der Waals surface area (Å²) in [4.78, 5) is 12.5. The van der Waals surface area contributed by atoms with Crippen molar-refractivity contribution < 1.29 is 9.53 Å². The molecule has 1 saturated heterocycles. The average Bonchev–Trinajstić information content (AvgIpc) is 2.74. The number of hydrogen-bond acceptors (Lipinski definition) is 3. The van der Waals surface area contributed by atoms with Crippen molar-refractivity contribution in [3.05, 3.63) is 21.3 Å². The standard InChI is InChI=1S/C12H15ClO2S/c13-10-6-8-16-12(10)11(14)5-4-9-3-1-2-7-15-9/h6,8-9H,1-5,7H2. The molecule has 0 aliphatic carbocycles. The first-order valence-electron chi connectivity index (χ1n) is 5.65. The number of carbonyl (C=O) groups is 1. The fourth-order valence-electron chi connectivity index (χ4n) is 1.93. The molecule has 1 atom stereocenters. The Kier molecular flexibility index (Phi) is 4.38. The normalized spacial score (nSPS) is 20.9. The highest BCUT2D eigenvalue weighted by molar-refractivity contribution is 7.12. The third kappa shape index (κ3) is 3.06. The Morgan fingerprint density at radius 2 is 2.44 bits per heavy atom. The molecule has 1 aromatic rings. The zero-order chi connectivity index (χ0) is 11.4. The molecule has 0 saturated carbocycles. The van der Waals surface area contributed by atoms with E-state index in [0.717, 1.165) is 25.9 Å². The highest BCUT2D eigenvalue weighted by atomic mass is 35.5. The molecule has 1 fully saturated rings. The van der Waals surface area contributed by atoms with Gasteiger partial charge in [-0.05, 0) is 37.1 Å². The molecule has 4 heteroatoms. The van der Waals surface area contributed by atoms with Crippen LogP contribution in [0.4, 0.5) is 0 Å². The maximum absolute atomic E-state index is 11.8. The average molecular weight is 259 g/mol. The van der Waals surface area contributed by atoms with Crippen molar-refractivity contribution in [2.75, 3.05) is 6.61 Å². The molecule has 2 heterocycles. The van der Waals surface area contributed by atoms with Gasteiger partial charge in [0, 0.05) is 13.0 Å². The maximum atomic E-state index is 11.8. The first-order chi connectivity index (χ1) is 7.77. The summed E-state index contributed by atoms with van der Waals surface area (Å²) in [6, 6.07) is 1.77. The van der Waals surface area contributed by atoms with Crippen LogP contribution in [0.5, 0.6) is 0 Å². The third-order valence-corrected chi connectivity index (χ3v) is 4.22. The molecule has 16 heavy (non-hydrogen) atoms. The Morgan fingerprint density at radius 3 is 3.06 bits per heavy atom. The summed E-state index contributed by atoms with van der Waals surface area (Å²) in [6.07, 6.45) is 5.11. The number of ketones is 1. The highest BCUT2D eigenvalue weighted by Crippen LogP contribution is 2.25. The van der Waals surface area contributed by atoms with Gasteiger partial charge in [0.1, 0.15) is 0 Å². The van der Waals surface area contributed by atoms with Gasteiger partial charge in [0.05, 0.1) is 16.0 Å². The van der Waals surface area contributed by atoms with Crippen molar-refractivity contribution in [2.45, 2.75) is 38.2 Å². The van der Waals surface area contributed by atoms with Gasteiger partial charge in [-0.1, -0.05) is 11.6 Å². The van der Waals surface area contributed by atoms with E-state index in [2.05, 4.69) is 0 Å². The third-order valence-electron chi connectivity index (χ3n) is 2.84.